The summed E-state index contributed by atoms with van der Waals surface area (Å²) in [7, 11) is 2.80. The van der Waals surface area contributed by atoms with Crippen LogP contribution in [0.1, 0.15) is 18.3 Å². The van der Waals surface area contributed by atoms with Crippen LogP contribution in [-0.4, -0.2) is 24.0 Å². The number of aromatic nitrogens is 5. The highest BCUT2D eigenvalue weighted by atomic mass is 32.2. The zero-order chi connectivity index (χ0) is 15.7. The molecule has 0 saturated heterocycles. The van der Waals surface area contributed by atoms with Gasteiger partial charge in [-0.05, 0) is 11.8 Å². The minimum atomic E-state index is -0.651. The van der Waals surface area contributed by atoms with Crippen molar-refractivity contribution in [2.75, 3.05) is 5.84 Å². The fourth-order valence-electron chi connectivity index (χ4n) is 1.75. The molecule has 0 amide bonds. The minimum Gasteiger partial charge on any atom is -0.336 e. The van der Waals surface area contributed by atoms with Gasteiger partial charge in [-0.2, -0.15) is 5.26 Å². The molecular weight excluding hydrogens is 294 g/mol. The molecule has 0 aliphatic heterocycles. The fraction of sp³-hybridized carbons (Fsp3) is 0.364. The monoisotopic (exact) mass is 307 g/mol. The molecule has 0 spiro atoms. The second-order valence-corrected chi connectivity index (χ2v) is 5.18. The first-order valence-corrected chi connectivity index (χ1v) is 6.81. The van der Waals surface area contributed by atoms with Crippen molar-refractivity contribution < 1.29 is 0 Å². The van der Waals surface area contributed by atoms with Gasteiger partial charge in [0.2, 0.25) is 5.16 Å². The van der Waals surface area contributed by atoms with E-state index in [1.807, 2.05) is 13.0 Å². The zero-order valence-electron chi connectivity index (χ0n) is 11.7. The molecule has 0 atom stereocenters. The highest BCUT2D eigenvalue weighted by Gasteiger charge is 2.19. The smallest absolute Gasteiger partial charge is 0.331 e. The van der Waals surface area contributed by atoms with E-state index in [1.165, 1.54) is 23.3 Å². The molecule has 2 N–H and O–H groups in total. The Kier molecular flexibility index (Phi) is 3.86. The molecule has 2 aromatic heterocycles. The van der Waals surface area contributed by atoms with Gasteiger partial charge < -0.3 is 5.84 Å². The van der Waals surface area contributed by atoms with Crippen molar-refractivity contribution in [2.45, 2.75) is 23.5 Å². The van der Waals surface area contributed by atoms with Gasteiger partial charge in [0.25, 0.3) is 5.56 Å². The lowest BCUT2D eigenvalue weighted by molar-refractivity contribution is 0.629. The van der Waals surface area contributed by atoms with Crippen LogP contribution in [0.5, 0.6) is 0 Å². The highest BCUT2D eigenvalue weighted by molar-refractivity contribution is 7.99. The van der Waals surface area contributed by atoms with Crippen LogP contribution in [-0.2, 0) is 20.5 Å². The van der Waals surface area contributed by atoms with Crippen LogP contribution in [0.3, 0.4) is 0 Å². The second kappa shape index (κ2) is 5.45. The molecule has 110 valence electrons. The zero-order valence-corrected chi connectivity index (χ0v) is 12.5. The normalized spacial score (nSPS) is 10.6. The van der Waals surface area contributed by atoms with Crippen molar-refractivity contribution in [3.63, 3.8) is 0 Å². The topological polar surface area (TPSA) is 125 Å². The Hall–Kier alpha value is -2.54. The third-order valence-corrected chi connectivity index (χ3v) is 4.09. The lowest BCUT2D eigenvalue weighted by Crippen LogP contribution is -2.39. The van der Waals surface area contributed by atoms with Gasteiger partial charge in [-0.15, -0.1) is 10.2 Å². The number of aryl methyl sites for hydroxylation is 1. The van der Waals surface area contributed by atoms with Gasteiger partial charge in [-0.3, -0.25) is 13.9 Å². The molecule has 0 aromatic carbocycles. The average Bonchev–Trinajstić information content (AvgIpc) is 2.83. The van der Waals surface area contributed by atoms with Crippen LogP contribution >= 0.6 is 11.8 Å². The molecule has 0 saturated carbocycles. The maximum atomic E-state index is 12.0. The van der Waals surface area contributed by atoms with E-state index in [0.717, 1.165) is 16.3 Å². The van der Waals surface area contributed by atoms with Gasteiger partial charge in [0.05, 0.1) is 0 Å². The predicted molar refractivity (Wildman–Crippen MR) is 75.3 cm³/mol. The van der Waals surface area contributed by atoms with Gasteiger partial charge in [-0.25, -0.2) is 9.47 Å². The first-order valence-electron chi connectivity index (χ1n) is 5.99. The second-order valence-electron chi connectivity index (χ2n) is 4.22. The third-order valence-electron chi connectivity index (χ3n) is 2.96. The number of nitrogen functional groups attached to an aromatic ring is 1. The number of hydrogen-bond acceptors (Lipinski definition) is 7. The number of nitrogens with two attached hydrogens (primary N) is 1. The first-order chi connectivity index (χ1) is 9.92. The van der Waals surface area contributed by atoms with Gasteiger partial charge in [0.1, 0.15) is 16.7 Å². The molecular formula is C11H13N7O2S. The Balaban J connectivity index is 2.65. The van der Waals surface area contributed by atoms with Gasteiger partial charge in [0.15, 0.2) is 5.82 Å². The van der Waals surface area contributed by atoms with E-state index in [4.69, 9.17) is 5.84 Å². The molecule has 0 fully saturated rings. The van der Waals surface area contributed by atoms with E-state index in [-0.39, 0.29) is 10.6 Å². The summed E-state index contributed by atoms with van der Waals surface area (Å²) in [5.74, 6) is 6.39. The largest absolute Gasteiger partial charge is 0.336 e. The van der Waals surface area contributed by atoms with E-state index in [2.05, 4.69) is 10.2 Å². The summed E-state index contributed by atoms with van der Waals surface area (Å²) >= 11 is 0.957. The predicted octanol–water partition coefficient (Wildman–Crippen LogP) is -1.03. The van der Waals surface area contributed by atoms with E-state index in [1.54, 1.807) is 0 Å². The molecule has 0 aliphatic carbocycles. The number of nitrogens with zero attached hydrogens (tertiary/aromatic N) is 6. The standard InChI is InChI=1S/C11H13N7O2S/c1-4-7-14-15-10(18(7)13)21-9-6(5-12)8(19)16(2)11(20)17(9)3/h4,13H2,1-3H3. The van der Waals surface area contributed by atoms with Crippen LogP contribution in [0.25, 0.3) is 0 Å². The van der Waals surface area contributed by atoms with Gasteiger partial charge >= 0.3 is 5.69 Å². The maximum Gasteiger partial charge on any atom is 0.331 e. The molecule has 0 unspecified atom stereocenters. The summed E-state index contributed by atoms with van der Waals surface area (Å²) in [5.41, 5.74) is -1.31. The van der Waals surface area contributed by atoms with Crippen LogP contribution in [0.15, 0.2) is 19.8 Å². The molecule has 0 aliphatic rings. The molecule has 2 heterocycles. The molecule has 21 heavy (non-hydrogen) atoms. The number of hydrogen-bond donors (Lipinski definition) is 1. The molecule has 0 radical (unpaired) electrons. The van der Waals surface area contributed by atoms with Crippen LogP contribution in [0, 0.1) is 11.3 Å². The summed E-state index contributed by atoms with van der Waals surface area (Å²) in [6.45, 7) is 1.87. The molecule has 2 aromatic rings. The summed E-state index contributed by atoms with van der Waals surface area (Å²) < 4.78 is 3.37. The molecule has 2 rings (SSSR count). The Labute approximate surface area is 123 Å². The van der Waals surface area contributed by atoms with Crippen molar-refractivity contribution in [3.05, 3.63) is 32.2 Å². The molecule has 0 bridgehead atoms. The molecule has 10 heteroatoms. The van der Waals surface area contributed by atoms with E-state index in [0.29, 0.717) is 17.4 Å². The van der Waals surface area contributed by atoms with Crippen molar-refractivity contribution in [2.24, 2.45) is 14.1 Å². The quantitative estimate of drug-likeness (QED) is 0.568. The van der Waals surface area contributed by atoms with Crippen molar-refractivity contribution in [1.29, 1.82) is 5.26 Å². The third kappa shape index (κ3) is 2.31. The number of nitriles is 1. The summed E-state index contributed by atoms with van der Waals surface area (Å²) in [6.07, 6.45) is 0.588. The van der Waals surface area contributed by atoms with Crippen molar-refractivity contribution in [1.82, 2.24) is 24.0 Å². The van der Waals surface area contributed by atoms with Crippen LogP contribution in [0.2, 0.25) is 0 Å². The fourth-order valence-corrected chi connectivity index (χ4v) is 2.65. The lowest BCUT2D eigenvalue weighted by atomic mass is 10.3. The summed E-state index contributed by atoms with van der Waals surface area (Å²) in [5, 5.41) is 17.4. The van der Waals surface area contributed by atoms with Crippen LogP contribution < -0.4 is 17.1 Å². The minimum absolute atomic E-state index is 0.134. The van der Waals surface area contributed by atoms with Gasteiger partial charge in [0, 0.05) is 20.5 Å². The summed E-state index contributed by atoms with van der Waals surface area (Å²) in [6, 6.07) is 1.82. The Bertz CT molecular complexity index is 855. The van der Waals surface area contributed by atoms with Crippen molar-refractivity contribution >= 4 is 11.8 Å². The average molecular weight is 307 g/mol. The number of rotatable bonds is 3. The first kappa shape index (κ1) is 14.9. The summed E-state index contributed by atoms with van der Waals surface area (Å²) in [4.78, 5) is 23.9. The van der Waals surface area contributed by atoms with E-state index in [9.17, 15) is 14.9 Å². The van der Waals surface area contributed by atoms with E-state index < -0.39 is 11.2 Å². The SMILES string of the molecule is CCc1nnc(Sc2c(C#N)c(=O)n(C)c(=O)n2C)n1N. The maximum absolute atomic E-state index is 12.0. The van der Waals surface area contributed by atoms with Crippen LogP contribution in [0.4, 0.5) is 0 Å². The highest BCUT2D eigenvalue weighted by Crippen LogP contribution is 2.25. The Morgan fingerprint density at radius 3 is 2.48 bits per heavy atom. The molecule has 9 nitrogen and oxygen atoms in total. The van der Waals surface area contributed by atoms with Gasteiger partial charge in [-0.1, -0.05) is 6.92 Å². The Morgan fingerprint density at radius 1 is 1.29 bits per heavy atom. The lowest BCUT2D eigenvalue weighted by Gasteiger charge is -2.10. The van der Waals surface area contributed by atoms with E-state index >= 15 is 0 Å². The van der Waals surface area contributed by atoms with Crippen molar-refractivity contribution in [3.8, 4) is 6.07 Å². The Morgan fingerprint density at radius 2 is 1.95 bits per heavy atom.